The van der Waals surface area contributed by atoms with E-state index in [2.05, 4.69) is 15.9 Å². The maximum absolute atomic E-state index is 13.3. The van der Waals surface area contributed by atoms with E-state index in [1.807, 2.05) is 0 Å². The summed E-state index contributed by atoms with van der Waals surface area (Å²) in [6.07, 6.45) is 0.496. The molecule has 0 aliphatic carbocycles. The molecule has 1 rings (SSSR count). The fraction of sp³-hybridized carbons (Fsp3) is 0.385. The Morgan fingerprint density at radius 1 is 1.53 bits per heavy atom. The third-order valence-corrected chi connectivity index (χ3v) is 3.69. The summed E-state index contributed by atoms with van der Waals surface area (Å²) in [6, 6.07) is 3.61. The molecule has 1 amide bonds. The normalized spacial score (nSPS) is 14.0. The van der Waals surface area contributed by atoms with Crippen LogP contribution in [0.25, 0.3) is 0 Å². The Labute approximate surface area is 119 Å². The number of rotatable bonds is 5. The van der Waals surface area contributed by atoms with Gasteiger partial charge in [0.2, 0.25) is 6.41 Å². The number of benzene rings is 1. The van der Waals surface area contributed by atoms with E-state index >= 15 is 0 Å². The molecule has 0 aliphatic rings. The van der Waals surface area contributed by atoms with E-state index in [-0.39, 0.29) is 10.5 Å². The van der Waals surface area contributed by atoms with E-state index in [1.54, 1.807) is 13.8 Å². The molecular formula is C13H15BrFNO3. The first-order valence-corrected chi connectivity index (χ1v) is 6.47. The molecule has 19 heavy (non-hydrogen) atoms. The lowest BCUT2D eigenvalue weighted by atomic mass is 9.89. The highest BCUT2D eigenvalue weighted by Gasteiger charge is 2.42. The maximum Gasteiger partial charge on any atom is 0.334 e. The molecule has 0 bridgehead atoms. The van der Waals surface area contributed by atoms with Crippen molar-refractivity contribution in [1.29, 1.82) is 0 Å². The molecule has 4 nitrogen and oxygen atoms in total. The monoisotopic (exact) mass is 331 g/mol. The smallest absolute Gasteiger partial charge is 0.334 e. The van der Waals surface area contributed by atoms with E-state index in [0.717, 1.165) is 0 Å². The molecule has 6 heteroatoms. The number of carboxylic acids is 1. The van der Waals surface area contributed by atoms with E-state index in [4.69, 9.17) is 0 Å². The van der Waals surface area contributed by atoms with Crippen molar-refractivity contribution < 1.29 is 19.1 Å². The summed E-state index contributed by atoms with van der Waals surface area (Å²) in [6.45, 7) is 4.85. The highest BCUT2D eigenvalue weighted by molar-refractivity contribution is 9.10. The Balaban J connectivity index is 3.44. The van der Waals surface area contributed by atoms with Gasteiger partial charge in [-0.3, -0.25) is 4.79 Å². The maximum atomic E-state index is 13.3. The van der Waals surface area contributed by atoms with Crippen molar-refractivity contribution in [3.8, 4) is 0 Å². The minimum atomic E-state index is -1.55. The third kappa shape index (κ3) is 2.78. The third-order valence-electron chi connectivity index (χ3n) is 3.08. The molecule has 0 heterocycles. The number of carbonyl (C=O) groups excluding carboxylic acids is 1. The molecule has 0 fully saturated rings. The van der Waals surface area contributed by atoms with Gasteiger partial charge in [-0.1, -0.05) is 6.07 Å². The second kappa shape index (κ2) is 5.69. The van der Waals surface area contributed by atoms with Crippen molar-refractivity contribution in [2.75, 3.05) is 0 Å². The highest BCUT2D eigenvalue weighted by Crippen LogP contribution is 2.32. The van der Waals surface area contributed by atoms with Crippen LogP contribution >= 0.6 is 15.9 Å². The van der Waals surface area contributed by atoms with Crippen LogP contribution in [0.15, 0.2) is 22.7 Å². The molecular weight excluding hydrogens is 317 g/mol. The summed E-state index contributed by atoms with van der Waals surface area (Å²) in [7, 11) is 0. The minimum Gasteiger partial charge on any atom is -0.479 e. The molecule has 0 saturated carbocycles. The van der Waals surface area contributed by atoms with E-state index < -0.39 is 17.3 Å². The van der Waals surface area contributed by atoms with E-state index in [9.17, 15) is 19.1 Å². The van der Waals surface area contributed by atoms with Crippen molar-refractivity contribution in [2.45, 2.75) is 32.4 Å². The predicted molar refractivity (Wildman–Crippen MR) is 72.1 cm³/mol. The van der Waals surface area contributed by atoms with Gasteiger partial charge >= 0.3 is 5.97 Å². The van der Waals surface area contributed by atoms with Crippen molar-refractivity contribution in [1.82, 2.24) is 4.90 Å². The standard InChI is InChI=1S/C13H15BrFNO3/c1-8(2)16(7-17)13(3,12(18)19)9-4-5-11(15)10(14)6-9/h4-8H,1-3H3,(H,18,19). The van der Waals surface area contributed by atoms with Crippen LogP contribution in [0.5, 0.6) is 0 Å². The van der Waals surface area contributed by atoms with Gasteiger partial charge in [0.1, 0.15) is 5.82 Å². The molecule has 0 spiro atoms. The number of hydrogen-bond donors (Lipinski definition) is 1. The number of halogens is 2. The van der Waals surface area contributed by atoms with Crippen molar-refractivity contribution >= 4 is 28.3 Å². The second-order valence-electron chi connectivity index (χ2n) is 4.61. The zero-order valence-corrected chi connectivity index (χ0v) is 12.4. The summed E-state index contributed by atoms with van der Waals surface area (Å²) >= 11 is 3.02. The fourth-order valence-electron chi connectivity index (χ4n) is 1.93. The van der Waals surface area contributed by atoms with Crippen LogP contribution in [0.4, 0.5) is 4.39 Å². The van der Waals surface area contributed by atoms with Gasteiger partial charge < -0.3 is 10.0 Å². The van der Waals surface area contributed by atoms with E-state index in [0.29, 0.717) is 12.0 Å². The molecule has 1 N–H and O–H groups in total. The number of carboxylic acid groups (broad SMARTS) is 1. The van der Waals surface area contributed by atoms with Gasteiger partial charge in [-0.15, -0.1) is 0 Å². The van der Waals surface area contributed by atoms with Gasteiger partial charge in [0.25, 0.3) is 0 Å². The van der Waals surface area contributed by atoms with Gasteiger partial charge in [-0.25, -0.2) is 9.18 Å². The molecule has 1 aromatic rings. The van der Waals surface area contributed by atoms with Crippen LogP contribution in [0.1, 0.15) is 26.3 Å². The average molecular weight is 332 g/mol. The Kier molecular flexibility index (Phi) is 4.68. The SMILES string of the molecule is CC(C)N(C=O)C(C)(C(=O)O)c1ccc(F)c(Br)c1. The van der Waals surface area contributed by atoms with Gasteiger partial charge in [0.05, 0.1) is 4.47 Å². The topological polar surface area (TPSA) is 57.6 Å². The lowest BCUT2D eigenvalue weighted by Crippen LogP contribution is -2.52. The first kappa shape index (κ1) is 15.6. The summed E-state index contributed by atoms with van der Waals surface area (Å²) < 4.78 is 13.4. The molecule has 0 aliphatic heterocycles. The molecule has 0 aromatic heterocycles. The molecule has 1 unspecified atom stereocenters. The fourth-order valence-corrected chi connectivity index (χ4v) is 2.30. The summed E-state index contributed by atoms with van der Waals surface area (Å²) in [5.41, 5.74) is -1.22. The molecule has 1 aromatic carbocycles. The van der Waals surface area contributed by atoms with Crippen LogP contribution in [0.3, 0.4) is 0 Å². The zero-order valence-electron chi connectivity index (χ0n) is 10.9. The van der Waals surface area contributed by atoms with Gasteiger partial charge in [-0.05, 0) is 54.4 Å². The Morgan fingerprint density at radius 2 is 2.11 bits per heavy atom. The lowest BCUT2D eigenvalue weighted by molar-refractivity contribution is -0.156. The Hall–Kier alpha value is -1.43. The van der Waals surface area contributed by atoms with Gasteiger partial charge in [0, 0.05) is 6.04 Å². The number of carbonyl (C=O) groups is 2. The molecule has 1 atom stereocenters. The minimum absolute atomic E-state index is 0.159. The van der Waals surface area contributed by atoms with Gasteiger partial charge in [0.15, 0.2) is 5.54 Å². The first-order chi connectivity index (χ1) is 8.75. The quantitative estimate of drug-likeness (QED) is 0.844. The van der Waals surface area contributed by atoms with Crippen LogP contribution in [-0.4, -0.2) is 28.4 Å². The van der Waals surface area contributed by atoms with Crippen LogP contribution in [-0.2, 0) is 15.1 Å². The number of aliphatic carboxylic acids is 1. The van der Waals surface area contributed by atoms with Crippen molar-refractivity contribution in [2.24, 2.45) is 0 Å². The lowest BCUT2D eigenvalue weighted by Gasteiger charge is -2.38. The first-order valence-electron chi connectivity index (χ1n) is 5.67. The Bertz CT molecular complexity index is 507. The molecule has 104 valence electrons. The van der Waals surface area contributed by atoms with Crippen LogP contribution in [0.2, 0.25) is 0 Å². The zero-order chi connectivity index (χ0) is 14.8. The second-order valence-corrected chi connectivity index (χ2v) is 5.47. The predicted octanol–water partition coefficient (Wildman–Crippen LogP) is 2.75. The van der Waals surface area contributed by atoms with Gasteiger partial charge in [-0.2, -0.15) is 0 Å². The largest absolute Gasteiger partial charge is 0.479 e. The van der Waals surface area contributed by atoms with E-state index in [1.165, 1.54) is 30.0 Å². The Morgan fingerprint density at radius 3 is 2.47 bits per heavy atom. The summed E-state index contributed by atoms with van der Waals surface area (Å²) in [5, 5.41) is 9.49. The van der Waals surface area contributed by atoms with Crippen LogP contribution < -0.4 is 0 Å². The highest BCUT2D eigenvalue weighted by atomic mass is 79.9. The number of amides is 1. The van der Waals surface area contributed by atoms with Crippen molar-refractivity contribution in [3.63, 3.8) is 0 Å². The average Bonchev–Trinajstić information content (AvgIpc) is 2.32. The molecule has 0 saturated heterocycles. The number of hydrogen-bond acceptors (Lipinski definition) is 2. The summed E-state index contributed by atoms with van der Waals surface area (Å²) in [5.74, 6) is -1.66. The number of nitrogens with zero attached hydrogens (tertiary/aromatic N) is 1. The van der Waals surface area contributed by atoms with Crippen molar-refractivity contribution in [3.05, 3.63) is 34.1 Å². The summed E-state index contributed by atoms with van der Waals surface area (Å²) in [4.78, 5) is 24.0. The molecule has 0 radical (unpaired) electrons. The van der Waals surface area contributed by atoms with Crippen LogP contribution in [0, 0.1) is 5.82 Å².